The van der Waals surface area contributed by atoms with Crippen molar-refractivity contribution in [2.24, 2.45) is 0 Å². The Balaban J connectivity index is 2.25. The predicted molar refractivity (Wildman–Crippen MR) is 77.1 cm³/mol. The highest BCUT2D eigenvalue weighted by atomic mass is 79.9. The summed E-state index contributed by atoms with van der Waals surface area (Å²) in [6.07, 6.45) is 3.26. The lowest BCUT2D eigenvalue weighted by Gasteiger charge is -2.37. The highest BCUT2D eigenvalue weighted by Gasteiger charge is 2.30. The molecule has 0 atom stereocenters. The number of methoxy groups -OCH3 is 1. The average Bonchev–Trinajstić information content (AvgIpc) is 2.35. The Bertz CT molecular complexity index is 460. The highest BCUT2D eigenvalue weighted by molar-refractivity contribution is 9.09. The van der Waals surface area contributed by atoms with Crippen molar-refractivity contribution in [1.29, 1.82) is 0 Å². The molecule has 1 aliphatic carbocycles. The van der Waals surface area contributed by atoms with E-state index in [1.807, 2.05) is 4.90 Å². The first kappa shape index (κ1) is 14.2. The molecule has 0 aliphatic heterocycles. The molecule has 1 saturated carbocycles. The van der Waals surface area contributed by atoms with E-state index >= 15 is 0 Å². The van der Waals surface area contributed by atoms with Crippen LogP contribution in [0.2, 0.25) is 0 Å². The van der Waals surface area contributed by atoms with Gasteiger partial charge in [0.1, 0.15) is 0 Å². The number of phenols is 1. The number of amides is 1. The van der Waals surface area contributed by atoms with E-state index in [2.05, 4.69) is 15.9 Å². The number of carbonyl (C=O) groups excluding carboxylic acids is 1. The molecule has 0 saturated heterocycles. The third-order valence-electron chi connectivity index (χ3n) is 3.55. The number of aromatic hydroxyl groups is 1. The Morgan fingerprint density at radius 2 is 2.26 bits per heavy atom. The predicted octanol–water partition coefficient (Wildman–Crippen LogP) is 2.79. The third kappa shape index (κ3) is 2.86. The summed E-state index contributed by atoms with van der Waals surface area (Å²) in [5.41, 5.74) is 0.312. The lowest BCUT2D eigenvalue weighted by Crippen LogP contribution is -2.45. The van der Waals surface area contributed by atoms with Crippen LogP contribution >= 0.6 is 15.9 Å². The quantitative estimate of drug-likeness (QED) is 0.846. The minimum absolute atomic E-state index is 0.0751. The van der Waals surface area contributed by atoms with Gasteiger partial charge in [-0.15, -0.1) is 0 Å². The number of phenolic OH excluding ortho intramolecular Hbond substituents is 1. The van der Waals surface area contributed by atoms with E-state index in [0.29, 0.717) is 23.9 Å². The largest absolute Gasteiger partial charge is 0.504 e. The van der Waals surface area contributed by atoms with Crippen molar-refractivity contribution >= 4 is 21.8 Å². The van der Waals surface area contributed by atoms with Crippen molar-refractivity contribution in [3.05, 3.63) is 23.8 Å². The number of para-hydroxylation sites is 1. The molecule has 1 N–H and O–H groups in total. The molecule has 0 radical (unpaired) electrons. The minimum atomic E-state index is -0.124. The van der Waals surface area contributed by atoms with Crippen molar-refractivity contribution < 1.29 is 14.6 Å². The Morgan fingerprint density at radius 3 is 2.79 bits per heavy atom. The van der Waals surface area contributed by atoms with Gasteiger partial charge in [0.25, 0.3) is 5.91 Å². The molecular weight excluding hydrogens is 310 g/mol. The monoisotopic (exact) mass is 327 g/mol. The minimum Gasteiger partial charge on any atom is -0.504 e. The van der Waals surface area contributed by atoms with Crippen molar-refractivity contribution in [2.45, 2.75) is 25.3 Å². The maximum Gasteiger partial charge on any atom is 0.258 e. The number of rotatable bonds is 5. The van der Waals surface area contributed by atoms with Gasteiger partial charge in [-0.05, 0) is 31.4 Å². The molecule has 104 valence electrons. The second kappa shape index (κ2) is 6.28. The lowest BCUT2D eigenvalue weighted by molar-refractivity contribution is 0.0596. The molecule has 5 heteroatoms. The molecule has 0 unspecified atom stereocenters. The van der Waals surface area contributed by atoms with Gasteiger partial charge in [0, 0.05) is 17.9 Å². The molecule has 0 aromatic heterocycles. The second-order valence-electron chi connectivity index (χ2n) is 4.63. The fraction of sp³-hybridized carbons (Fsp3) is 0.500. The number of hydrogen-bond acceptors (Lipinski definition) is 3. The molecule has 2 rings (SSSR count). The zero-order chi connectivity index (χ0) is 13.8. The summed E-state index contributed by atoms with van der Waals surface area (Å²) in [7, 11) is 1.48. The summed E-state index contributed by atoms with van der Waals surface area (Å²) in [5.74, 6) is 0.132. The highest BCUT2D eigenvalue weighted by Crippen LogP contribution is 2.32. The van der Waals surface area contributed by atoms with E-state index < -0.39 is 0 Å². The van der Waals surface area contributed by atoms with Crippen LogP contribution in [-0.4, -0.2) is 40.9 Å². The van der Waals surface area contributed by atoms with E-state index in [4.69, 9.17) is 4.74 Å². The Hall–Kier alpha value is -1.23. The van der Waals surface area contributed by atoms with Crippen LogP contribution < -0.4 is 4.74 Å². The van der Waals surface area contributed by atoms with Crippen LogP contribution in [0.15, 0.2) is 18.2 Å². The van der Waals surface area contributed by atoms with Crippen molar-refractivity contribution in [3.63, 3.8) is 0 Å². The molecule has 0 heterocycles. The zero-order valence-corrected chi connectivity index (χ0v) is 12.5. The summed E-state index contributed by atoms with van der Waals surface area (Å²) in [5, 5.41) is 10.8. The van der Waals surface area contributed by atoms with Gasteiger partial charge >= 0.3 is 0 Å². The van der Waals surface area contributed by atoms with Crippen LogP contribution in [0.4, 0.5) is 0 Å². The molecule has 1 fully saturated rings. The van der Waals surface area contributed by atoms with Gasteiger partial charge in [0.15, 0.2) is 11.5 Å². The topological polar surface area (TPSA) is 49.8 Å². The summed E-state index contributed by atoms with van der Waals surface area (Å²) < 4.78 is 5.05. The molecule has 1 amide bonds. The number of carbonyl (C=O) groups is 1. The number of hydrogen-bond donors (Lipinski definition) is 1. The average molecular weight is 328 g/mol. The van der Waals surface area contributed by atoms with E-state index in [0.717, 1.165) is 18.2 Å². The summed E-state index contributed by atoms with van der Waals surface area (Å²) >= 11 is 3.38. The van der Waals surface area contributed by atoms with E-state index in [1.54, 1.807) is 18.2 Å². The normalized spacial score (nSPS) is 14.8. The first-order valence-electron chi connectivity index (χ1n) is 6.42. The molecule has 1 aromatic rings. The van der Waals surface area contributed by atoms with Gasteiger partial charge in [-0.25, -0.2) is 0 Å². The van der Waals surface area contributed by atoms with Crippen molar-refractivity contribution in [3.8, 4) is 11.5 Å². The molecule has 0 spiro atoms. The molecule has 1 aliphatic rings. The van der Waals surface area contributed by atoms with Crippen LogP contribution in [-0.2, 0) is 0 Å². The number of halogens is 1. The van der Waals surface area contributed by atoms with Crippen LogP contribution in [0.3, 0.4) is 0 Å². The zero-order valence-electron chi connectivity index (χ0n) is 10.9. The first-order valence-corrected chi connectivity index (χ1v) is 7.54. The number of benzene rings is 1. The fourth-order valence-electron chi connectivity index (χ4n) is 2.25. The van der Waals surface area contributed by atoms with E-state index in [9.17, 15) is 9.90 Å². The van der Waals surface area contributed by atoms with E-state index in [1.165, 1.54) is 13.5 Å². The Labute approximate surface area is 121 Å². The van der Waals surface area contributed by atoms with Gasteiger partial charge < -0.3 is 14.7 Å². The molecular formula is C14H18BrNO3. The summed E-state index contributed by atoms with van der Waals surface area (Å²) in [6, 6.07) is 5.30. The fourth-order valence-corrected chi connectivity index (χ4v) is 2.64. The Kier molecular flexibility index (Phi) is 4.69. The van der Waals surface area contributed by atoms with Crippen molar-refractivity contribution in [1.82, 2.24) is 4.90 Å². The van der Waals surface area contributed by atoms with Gasteiger partial charge in [0.05, 0.1) is 12.7 Å². The number of ether oxygens (including phenoxy) is 1. The molecule has 4 nitrogen and oxygen atoms in total. The van der Waals surface area contributed by atoms with Gasteiger partial charge in [-0.1, -0.05) is 22.0 Å². The first-order chi connectivity index (χ1) is 9.19. The van der Waals surface area contributed by atoms with Gasteiger partial charge in [-0.3, -0.25) is 4.79 Å². The molecule has 0 bridgehead atoms. The molecule has 19 heavy (non-hydrogen) atoms. The maximum atomic E-state index is 12.5. The maximum absolute atomic E-state index is 12.5. The standard InChI is InChI=1S/C14H18BrNO3/c1-19-12-7-3-6-11(13(12)17)14(18)16(9-8-15)10-4-2-5-10/h3,6-7,10,17H,2,4-5,8-9H2,1H3. The second-order valence-corrected chi connectivity index (χ2v) is 5.42. The summed E-state index contributed by atoms with van der Waals surface area (Å²) in [6.45, 7) is 0.653. The van der Waals surface area contributed by atoms with Crippen LogP contribution in [0, 0.1) is 0 Å². The van der Waals surface area contributed by atoms with E-state index in [-0.39, 0.29) is 11.7 Å². The summed E-state index contributed by atoms with van der Waals surface area (Å²) in [4.78, 5) is 14.4. The molecule has 1 aromatic carbocycles. The number of alkyl halides is 1. The smallest absolute Gasteiger partial charge is 0.258 e. The van der Waals surface area contributed by atoms with Gasteiger partial charge in [0.2, 0.25) is 0 Å². The van der Waals surface area contributed by atoms with Gasteiger partial charge in [-0.2, -0.15) is 0 Å². The Morgan fingerprint density at radius 1 is 1.53 bits per heavy atom. The van der Waals surface area contributed by atoms with Crippen molar-refractivity contribution in [2.75, 3.05) is 19.0 Å². The van der Waals surface area contributed by atoms with Crippen LogP contribution in [0.1, 0.15) is 29.6 Å². The number of nitrogens with zero attached hydrogens (tertiary/aromatic N) is 1. The van der Waals surface area contributed by atoms with Crippen LogP contribution in [0.5, 0.6) is 11.5 Å². The van der Waals surface area contributed by atoms with Crippen LogP contribution in [0.25, 0.3) is 0 Å². The SMILES string of the molecule is COc1cccc(C(=O)N(CCBr)C2CCC2)c1O. The lowest BCUT2D eigenvalue weighted by atomic mass is 9.91. The third-order valence-corrected chi connectivity index (χ3v) is 3.91.